The normalized spacial score (nSPS) is 22.6. The highest BCUT2D eigenvalue weighted by Crippen LogP contribution is 2.26. The van der Waals surface area contributed by atoms with Crippen LogP contribution in [0.2, 0.25) is 0 Å². The number of benzene rings is 1. The van der Waals surface area contributed by atoms with Crippen molar-refractivity contribution in [1.82, 2.24) is 4.90 Å². The van der Waals surface area contributed by atoms with E-state index in [2.05, 4.69) is 0 Å². The van der Waals surface area contributed by atoms with E-state index in [4.69, 9.17) is 5.73 Å². The van der Waals surface area contributed by atoms with Crippen LogP contribution in [-0.2, 0) is 4.79 Å². The zero-order chi connectivity index (χ0) is 11.7. The minimum absolute atomic E-state index is 0.00301. The molecule has 2 rings (SSSR count). The quantitative estimate of drug-likeness (QED) is 0.823. The van der Waals surface area contributed by atoms with Crippen molar-refractivity contribution in [2.75, 3.05) is 6.54 Å². The summed E-state index contributed by atoms with van der Waals surface area (Å²) in [6, 6.07) is 6.16. The molecule has 1 heterocycles. The lowest BCUT2D eigenvalue weighted by Crippen LogP contribution is -2.31. The van der Waals surface area contributed by atoms with Gasteiger partial charge in [-0.25, -0.2) is 4.39 Å². The van der Waals surface area contributed by atoms with Gasteiger partial charge in [-0.2, -0.15) is 0 Å². The van der Waals surface area contributed by atoms with Crippen molar-refractivity contribution in [3.63, 3.8) is 0 Å². The van der Waals surface area contributed by atoms with Crippen LogP contribution in [0, 0.1) is 5.82 Å². The zero-order valence-electron chi connectivity index (χ0n) is 9.19. The molecular formula is C12H15FN2O. The molecule has 86 valence electrons. The lowest BCUT2D eigenvalue weighted by Gasteiger charge is -2.25. The average Bonchev–Trinajstić information content (AvgIpc) is 2.58. The summed E-state index contributed by atoms with van der Waals surface area (Å²) >= 11 is 0. The van der Waals surface area contributed by atoms with Crippen molar-refractivity contribution < 1.29 is 9.18 Å². The molecule has 2 atom stereocenters. The Bertz CT molecular complexity index is 408. The number of hydrogen-bond donors (Lipinski definition) is 1. The Balaban J connectivity index is 2.23. The molecule has 2 N–H and O–H groups in total. The summed E-state index contributed by atoms with van der Waals surface area (Å²) in [6.45, 7) is 2.34. The first-order valence-corrected chi connectivity index (χ1v) is 5.39. The van der Waals surface area contributed by atoms with Crippen molar-refractivity contribution in [3.8, 4) is 0 Å². The van der Waals surface area contributed by atoms with E-state index in [9.17, 15) is 9.18 Å². The van der Waals surface area contributed by atoms with Gasteiger partial charge in [0.25, 0.3) is 0 Å². The molecule has 1 aliphatic heterocycles. The van der Waals surface area contributed by atoms with E-state index in [1.165, 1.54) is 6.07 Å². The Morgan fingerprint density at radius 1 is 1.50 bits per heavy atom. The fourth-order valence-corrected chi connectivity index (χ4v) is 2.12. The predicted molar refractivity (Wildman–Crippen MR) is 59.1 cm³/mol. The number of rotatable bonds is 2. The van der Waals surface area contributed by atoms with Gasteiger partial charge in [0.15, 0.2) is 0 Å². The Morgan fingerprint density at radius 3 is 2.75 bits per heavy atom. The number of nitrogens with zero attached hydrogens (tertiary/aromatic N) is 1. The molecule has 1 aliphatic rings. The van der Waals surface area contributed by atoms with E-state index in [1.807, 2.05) is 6.92 Å². The summed E-state index contributed by atoms with van der Waals surface area (Å²) in [6.07, 6.45) is 0.360. The van der Waals surface area contributed by atoms with E-state index in [1.54, 1.807) is 23.1 Å². The van der Waals surface area contributed by atoms with Crippen LogP contribution < -0.4 is 5.73 Å². The largest absolute Gasteiger partial charge is 0.334 e. The molecule has 0 aliphatic carbocycles. The number of likely N-dealkylation sites (tertiary alicyclic amines) is 1. The smallest absolute Gasteiger partial charge is 0.224 e. The molecule has 0 aromatic heterocycles. The number of hydrogen-bond acceptors (Lipinski definition) is 2. The van der Waals surface area contributed by atoms with Gasteiger partial charge >= 0.3 is 0 Å². The number of nitrogens with two attached hydrogens (primary N) is 1. The summed E-state index contributed by atoms with van der Waals surface area (Å²) in [5, 5.41) is 0. The van der Waals surface area contributed by atoms with E-state index in [0.717, 1.165) is 0 Å². The highest BCUT2D eigenvalue weighted by molar-refractivity contribution is 5.79. The monoisotopic (exact) mass is 222 g/mol. The third kappa shape index (κ3) is 1.93. The topological polar surface area (TPSA) is 46.3 Å². The molecule has 0 radical (unpaired) electrons. The molecule has 0 spiro atoms. The summed E-state index contributed by atoms with van der Waals surface area (Å²) in [4.78, 5) is 13.3. The van der Waals surface area contributed by atoms with Gasteiger partial charge in [0.05, 0.1) is 6.04 Å². The highest BCUT2D eigenvalue weighted by Gasteiger charge is 2.31. The van der Waals surface area contributed by atoms with Crippen LogP contribution in [0.25, 0.3) is 0 Å². The predicted octanol–water partition coefficient (Wildman–Crippen LogP) is 1.45. The van der Waals surface area contributed by atoms with Crippen molar-refractivity contribution >= 4 is 5.91 Å². The Kier molecular flexibility index (Phi) is 2.92. The molecule has 1 aromatic rings. The summed E-state index contributed by atoms with van der Waals surface area (Å²) < 4.78 is 13.5. The fourth-order valence-electron chi connectivity index (χ4n) is 2.12. The van der Waals surface area contributed by atoms with Crippen LogP contribution in [0.5, 0.6) is 0 Å². The minimum Gasteiger partial charge on any atom is -0.334 e. The Hall–Kier alpha value is -1.42. The molecule has 0 bridgehead atoms. The van der Waals surface area contributed by atoms with Crippen molar-refractivity contribution in [3.05, 3.63) is 35.6 Å². The van der Waals surface area contributed by atoms with Crippen LogP contribution in [0.3, 0.4) is 0 Å². The van der Waals surface area contributed by atoms with Gasteiger partial charge < -0.3 is 10.6 Å². The second-order valence-electron chi connectivity index (χ2n) is 4.21. The standard InChI is InChI=1S/C12H15FN2O/c1-8(10-4-2-3-5-11(10)13)15-7-9(14)6-12(15)16/h2-5,8-9H,6-7,14H2,1H3. The summed E-state index contributed by atoms with van der Waals surface area (Å²) in [7, 11) is 0. The molecule has 1 fully saturated rings. The Labute approximate surface area is 94.0 Å². The first-order chi connectivity index (χ1) is 7.59. The van der Waals surface area contributed by atoms with Gasteiger partial charge in [0.2, 0.25) is 5.91 Å². The third-order valence-electron chi connectivity index (χ3n) is 3.01. The molecular weight excluding hydrogens is 207 g/mol. The van der Waals surface area contributed by atoms with Crippen LogP contribution >= 0.6 is 0 Å². The van der Waals surface area contributed by atoms with Gasteiger partial charge in [0, 0.05) is 24.6 Å². The lowest BCUT2D eigenvalue weighted by molar-refractivity contribution is -0.129. The summed E-state index contributed by atoms with van der Waals surface area (Å²) in [5.41, 5.74) is 6.26. The second kappa shape index (κ2) is 4.22. The van der Waals surface area contributed by atoms with E-state index >= 15 is 0 Å². The first kappa shape index (κ1) is 11.1. The summed E-state index contributed by atoms with van der Waals surface area (Å²) in [5.74, 6) is -0.272. The number of carbonyl (C=O) groups excluding carboxylic acids is 1. The molecule has 1 saturated heterocycles. The van der Waals surface area contributed by atoms with Crippen LogP contribution in [0.1, 0.15) is 24.9 Å². The van der Waals surface area contributed by atoms with Crippen LogP contribution in [0.4, 0.5) is 4.39 Å². The van der Waals surface area contributed by atoms with Crippen molar-refractivity contribution in [2.45, 2.75) is 25.4 Å². The third-order valence-corrected chi connectivity index (χ3v) is 3.01. The van der Waals surface area contributed by atoms with Crippen LogP contribution in [0.15, 0.2) is 24.3 Å². The zero-order valence-corrected chi connectivity index (χ0v) is 9.19. The fraction of sp³-hybridized carbons (Fsp3) is 0.417. The molecule has 3 nitrogen and oxygen atoms in total. The van der Waals surface area contributed by atoms with E-state index < -0.39 is 0 Å². The number of halogens is 1. The average molecular weight is 222 g/mol. The SMILES string of the molecule is CC(c1ccccc1F)N1CC(N)CC1=O. The van der Waals surface area contributed by atoms with E-state index in [-0.39, 0.29) is 23.8 Å². The lowest BCUT2D eigenvalue weighted by atomic mass is 10.1. The minimum atomic E-state index is -0.275. The maximum absolute atomic E-state index is 13.5. The van der Waals surface area contributed by atoms with Crippen molar-refractivity contribution in [2.24, 2.45) is 5.73 Å². The maximum Gasteiger partial charge on any atom is 0.224 e. The molecule has 16 heavy (non-hydrogen) atoms. The number of amides is 1. The van der Waals surface area contributed by atoms with Gasteiger partial charge in [-0.15, -0.1) is 0 Å². The first-order valence-electron chi connectivity index (χ1n) is 5.39. The van der Waals surface area contributed by atoms with Crippen LogP contribution in [-0.4, -0.2) is 23.4 Å². The van der Waals surface area contributed by atoms with Gasteiger partial charge in [-0.1, -0.05) is 18.2 Å². The van der Waals surface area contributed by atoms with Crippen molar-refractivity contribution in [1.29, 1.82) is 0 Å². The van der Waals surface area contributed by atoms with Gasteiger partial charge in [-0.05, 0) is 13.0 Å². The van der Waals surface area contributed by atoms with Gasteiger partial charge in [-0.3, -0.25) is 4.79 Å². The maximum atomic E-state index is 13.5. The second-order valence-corrected chi connectivity index (χ2v) is 4.21. The molecule has 0 saturated carbocycles. The molecule has 1 aromatic carbocycles. The highest BCUT2D eigenvalue weighted by atomic mass is 19.1. The van der Waals surface area contributed by atoms with Gasteiger partial charge in [0.1, 0.15) is 5.82 Å². The Morgan fingerprint density at radius 2 is 2.19 bits per heavy atom. The number of carbonyl (C=O) groups is 1. The molecule has 4 heteroatoms. The molecule has 1 amide bonds. The molecule has 2 unspecified atom stereocenters. The van der Waals surface area contributed by atoms with E-state index in [0.29, 0.717) is 18.5 Å².